The number of halogens is 1. The molecule has 2 aliphatic carbocycles. The predicted molar refractivity (Wildman–Crippen MR) is 87.3 cm³/mol. The molecular formula is C15H23ClN2O2S. The minimum atomic E-state index is -0.722. The van der Waals surface area contributed by atoms with Gasteiger partial charge in [-0.05, 0) is 32.1 Å². The van der Waals surface area contributed by atoms with Crippen LogP contribution in [0, 0.1) is 0 Å². The third-order valence-electron chi connectivity index (χ3n) is 4.80. The molecule has 118 valence electrons. The van der Waals surface area contributed by atoms with E-state index >= 15 is 0 Å². The maximum Gasteiger partial charge on any atom is 0.305 e. The molecule has 0 aromatic carbocycles. The standard InChI is InChI=1S/C15H23ClN2O2S/c16-10-5-6-12-13(9-10)21-15(17-12)18(8-7-14(19)20)11-3-1-2-4-11/h10-13H,1-9H2,(H,19,20)/t10?,12?,13-/m1/s1. The van der Waals surface area contributed by atoms with Crippen LogP contribution in [0.15, 0.2) is 4.99 Å². The van der Waals surface area contributed by atoms with Gasteiger partial charge in [0.25, 0.3) is 0 Å². The first-order valence-corrected chi connectivity index (χ1v) is 9.32. The first kappa shape index (κ1) is 15.5. The van der Waals surface area contributed by atoms with Crippen LogP contribution in [0.3, 0.4) is 0 Å². The van der Waals surface area contributed by atoms with Crippen LogP contribution in [0.4, 0.5) is 0 Å². The van der Waals surface area contributed by atoms with Gasteiger partial charge in [-0.1, -0.05) is 24.6 Å². The molecule has 0 spiro atoms. The number of aliphatic carboxylic acids is 1. The van der Waals surface area contributed by atoms with E-state index in [9.17, 15) is 4.79 Å². The van der Waals surface area contributed by atoms with Gasteiger partial charge in [-0.3, -0.25) is 9.79 Å². The van der Waals surface area contributed by atoms with E-state index in [2.05, 4.69) is 4.90 Å². The first-order chi connectivity index (χ1) is 10.1. The van der Waals surface area contributed by atoms with Crippen molar-refractivity contribution in [2.24, 2.45) is 4.99 Å². The zero-order valence-corrected chi connectivity index (χ0v) is 13.8. The molecule has 2 fully saturated rings. The third kappa shape index (κ3) is 3.67. The zero-order chi connectivity index (χ0) is 14.8. The second-order valence-corrected chi connectivity index (χ2v) is 8.14. The Labute approximate surface area is 135 Å². The molecule has 0 bridgehead atoms. The number of thioether (sulfide) groups is 1. The lowest BCUT2D eigenvalue weighted by molar-refractivity contribution is -0.137. The molecule has 0 radical (unpaired) electrons. The summed E-state index contributed by atoms with van der Waals surface area (Å²) in [4.78, 5) is 18.1. The molecule has 1 heterocycles. The summed E-state index contributed by atoms with van der Waals surface area (Å²) in [5.41, 5.74) is 0. The van der Waals surface area contributed by atoms with Crippen LogP contribution in [0.25, 0.3) is 0 Å². The highest BCUT2D eigenvalue weighted by Crippen LogP contribution is 2.41. The lowest BCUT2D eigenvalue weighted by Crippen LogP contribution is -2.38. The molecule has 0 saturated heterocycles. The van der Waals surface area contributed by atoms with Crippen molar-refractivity contribution in [1.82, 2.24) is 4.90 Å². The van der Waals surface area contributed by atoms with E-state index in [-0.39, 0.29) is 11.8 Å². The Morgan fingerprint density at radius 1 is 1.33 bits per heavy atom. The number of hydrogen-bond acceptors (Lipinski definition) is 4. The molecule has 0 aromatic rings. The number of hydrogen-bond donors (Lipinski definition) is 1. The second-order valence-electron chi connectivity index (χ2n) is 6.32. The molecule has 21 heavy (non-hydrogen) atoms. The average molecular weight is 331 g/mol. The fourth-order valence-corrected chi connectivity index (χ4v) is 5.60. The van der Waals surface area contributed by atoms with Gasteiger partial charge < -0.3 is 10.0 Å². The van der Waals surface area contributed by atoms with E-state index in [1.165, 1.54) is 25.7 Å². The fourth-order valence-electron chi connectivity index (χ4n) is 3.65. The van der Waals surface area contributed by atoms with Crippen molar-refractivity contribution in [3.05, 3.63) is 0 Å². The van der Waals surface area contributed by atoms with Gasteiger partial charge in [-0.15, -0.1) is 11.6 Å². The van der Waals surface area contributed by atoms with Crippen LogP contribution in [-0.4, -0.2) is 50.4 Å². The predicted octanol–water partition coefficient (Wildman–Crippen LogP) is 3.34. The monoisotopic (exact) mass is 330 g/mol. The number of aliphatic imine (C=N–C) groups is 1. The summed E-state index contributed by atoms with van der Waals surface area (Å²) in [5, 5.41) is 10.9. The van der Waals surface area contributed by atoms with Crippen LogP contribution in [0.5, 0.6) is 0 Å². The molecule has 4 nitrogen and oxygen atoms in total. The Bertz CT molecular complexity index is 426. The number of amidine groups is 1. The highest BCUT2D eigenvalue weighted by Gasteiger charge is 2.38. The zero-order valence-electron chi connectivity index (χ0n) is 12.2. The topological polar surface area (TPSA) is 52.9 Å². The quantitative estimate of drug-likeness (QED) is 0.803. The van der Waals surface area contributed by atoms with Crippen LogP contribution >= 0.6 is 23.4 Å². The SMILES string of the molecule is O=C(O)CCN(C1=NC2CCC(Cl)C[C@H]2S1)C1CCCC1. The average Bonchev–Trinajstić information content (AvgIpc) is 3.07. The molecule has 2 saturated carbocycles. The summed E-state index contributed by atoms with van der Waals surface area (Å²) in [6, 6.07) is 0.885. The van der Waals surface area contributed by atoms with Gasteiger partial charge >= 0.3 is 5.97 Å². The van der Waals surface area contributed by atoms with E-state index < -0.39 is 5.97 Å². The van der Waals surface area contributed by atoms with E-state index in [0.717, 1.165) is 24.4 Å². The van der Waals surface area contributed by atoms with Crippen molar-refractivity contribution >= 4 is 34.5 Å². The van der Waals surface area contributed by atoms with Crippen LogP contribution in [0.2, 0.25) is 0 Å². The number of carbonyl (C=O) groups is 1. The van der Waals surface area contributed by atoms with Crippen molar-refractivity contribution in [1.29, 1.82) is 0 Å². The lowest BCUT2D eigenvalue weighted by atomic mass is 9.95. The molecule has 1 aliphatic heterocycles. The number of alkyl halides is 1. The number of nitrogens with zero attached hydrogens (tertiary/aromatic N) is 2. The molecule has 0 aromatic heterocycles. The number of carboxylic acids is 1. The minimum absolute atomic E-state index is 0.198. The Balaban J connectivity index is 1.69. The smallest absolute Gasteiger partial charge is 0.305 e. The minimum Gasteiger partial charge on any atom is -0.481 e. The summed E-state index contributed by atoms with van der Waals surface area (Å²) in [5.74, 6) is -0.722. The number of fused-ring (bicyclic) bond motifs is 1. The fraction of sp³-hybridized carbons (Fsp3) is 0.867. The second kappa shape index (κ2) is 6.78. The van der Waals surface area contributed by atoms with E-state index in [0.29, 0.717) is 23.9 Å². The molecule has 0 amide bonds. The van der Waals surface area contributed by atoms with Crippen molar-refractivity contribution in [3.8, 4) is 0 Å². The largest absolute Gasteiger partial charge is 0.481 e. The van der Waals surface area contributed by atoms with Crippen LogP contribution in [0.1, 0.15) is 51.4 Å². The number of rotatable bonds is 4. The maximum atomic E-state index is 10.9. The van der Waals surface area contributed by atoms with Crippen molar-refractivity contribution in [3.63, 3.8) is 0 Å². The van der Waals surface area contributed by atoms with Gasteiger partial charge in [0.2, 0.25) is 0 Å². The molecule has 1 N–H and O–H groups in total. The van der Waals surface area contributed by atoms with Crippen molar-refractivity contribution in [2.45, 2.75) is 74.1 Å². The summed E-state index contributed by atoms with van der Waals surface area (Å²) < 4.78 is 0. The van der Waals surface area contributed by atoms with Gasteiger partial charge in [-0.2, -0.15) is 0 Å². The van der Waals surface area contributed by atoms with Crippen molar-refractivity contribution < 1.29 is 9.90 Å². The highest BCUT2D eigenvalue weighted by molar-refractivity contribution is 8.14. The maximum absolute atomic E-state index is 10.9. The van der Waals surface area contributed by atoms with Gasteiger partial charge in [0.15, 0.2) is 5.17 Å². The van der Waals surface area contributed by atoms with E-state index in [1.54, 1.807) is 0 Å². The van der Waals surface area contributed by atoms with Crippen LogP contribution < -0.4 is 0 Å². The third-order valence-corrected chi connectivity index (χ3v) is 6.56. The normalized spacial score (nSPS) is 32.8. The molecular weight excluding hydrogens is 308 g/mol. The van der Waals surface area contributed by atoms with Gasteiger partial charge in [0.1, 0.15) is 0 Å². The Morgan fingerprint density at radius 2 is 2.10 bits per heavy atom. The van der Waals surface area contributed by atoms with Gasteiger partial charge in [0.05, 0.1) is 12.5 Å². The molecule has 3 atom stereocenters. The molecule has 3 aliphatic rings. The molecule has 2 unspecified atom stereocenters. The van der Waals surface area contributed by atoms with Crippen molar-refractivity contribution in [2.75, 3.05) is 6.54 Å². The Morgan fingerprint density at radius 3 is 2.81 bits per heavy atom. The summed E-state index contributed by atoms with van der Waals surface area (Å²) >= 11 is 8.13. The highest BCUT2D eigenvalue weighted by atomic mass is 35.5. The van der Waals surface area contributed by atoms with Gasteiger partial charge in [0, 0.05) is 23.2 Å². The molecule has 6 heteroatoms. The van der Waals surface area contributed by atoms with Gasteiger partial charge in [-0.25, -0.2) is 0 Å². The summed E-state index contributed by atoms with van der Waals surface area (Å²) in [6.07, 6.45) is 8.21. The Hall–Kier alpha value is -0.420. The molecule has 3 rings (SSSR count). The summed E-state index contributed by atoms with van der Waals surface area (Å²) in [7, 11) is 0. The summed E-state index contributed by atoms with van der Waals surface area (Å²) in [6.45, 7) is 0.593. The number of carboxylic acid groups (broad SMARTS) is 1. The van der Waals surface area contributed by atoms with Crippen LogP contribution in [-0.2, 0) is 4.79 Å². The van der Waals surface area contributed by atoms with E-state index in [4.69, 9.17) is 21.7 Å². The van der Waals surface area contributed by atoms with E-state index in [1.807, 2.05) is 11.8 Å². The Kier molecular flexibility index (Phi) is 4.99. The first-order valence-electron chi connectivity index (χ1n) is 8.00. The lowest BCUT2D eigenvalue weighted by Gasteiger charge is -2.30.